The van der Waals surface area contributed by atoms with Gasteiger partial charge in [0.2, 0.25) is 0 Å². The number of aliphatic hydroxyl groups is 1. The van der Waals surface area contributed by atoms with E-state index in [0.717, 1.165) is 12.1 Å². The van der Waals surface area contributed by atoms with Crippen LogP contribution < -0.4 is 0 Å². The van der Waals surface area contributed by atoms with E-state index in [0.29, 0.717) is 0 Å². The first-order valence-corrected chi connectivity index (χ1v) is 5.83. The summed E-state index contributed by atoms with van der Waals surface area (Å²) in [6.45, 7) is 2.34. The molecule has 0 aliphatic rings. The fraction of sp³-hybridized carbons (Fsp3) is 0.462. The maximum Gasteiger partial charge on any atom is 0.380 e. The van der Waals surface area contributed by atoms with E-state index in [1.807, 2.05) is 0 Å². The summed E-state index contributed by atoms with van der Waals surface area (Å²) >= 11 is 0. The number of alkyl halides is 2. The quantitative estimate of drug-likeness (QED) is 0.841. The standard InChI is InChI=1S/C13H15F3O3/c1-3-12(18,9-7-5-6-8-10(9)14)13(15,16)11(17)19-4-2/h5-8,18H,3-4H2,1-2H3. The van der Waals surface area contributed by atoms with Crippen molar-refractivity contribution >= 4 is 5.97 Å². The van der Waals surface area contributed by atoms with E-state index in [4.69, 9.17) is 0 Å². The molecule has 106 valence electrons. The second-order valence-electron chi connectivity index (χ2n) is 3.99. The monoisotopic (exact) mass is 276 g/mol. The highest BCUT2D eigenvalue weighted by molar-refractivity contribution is 5.79. The number of halogens is 3. The van der Waals surface area contributed by atoms with Gasteiger partial charge in [-0.3, -0.25) is 0 Å². The van der Waals surface area contributed by atoms with E-state index in [1.165, 1.54) is 26.0 Å². The second kappa shape index (κ2) is 5.61. The Morgan fingerprint density at radius 2 is 1.89 bits per heavy atom. The highest BCUT2D eigenvalue weighted by Gasteiger charge is 2.60. The molecule has 3 nitrogen and oxygen atoms in total. The average Bonchev–Trinajstić information content (AvgIpc) is 2.38. The molecule has 19 heavy (non-hydrogen) atoms. The molecule has 1 atom stereocenters. The highest BCUT2D eigenvalue weighted by atomic mass is 19.3. The summed E-state index contributed by atoms with van der Waals surface area (Å²) in [5.74, 6) is -7.11. The van der Waals surface area contributed by atoms with Crippen molar-refractivity contribution in [2.45, 2.75) is 31.8 Å². The first kappa shape index (κ1) is 15.5. The third-order valence-electron chi connectivity index (χ3n) is 2.88. The van der Waals surface area contributed by atoms with E-state index in [1.54, 1.807) is 0 Å². The first-order chi connectivity index (χ1) is 8.81. The fourth-order valence-corrected chi connectivity index (χ4v) is 1.77. The van der Waals surface area contributed by atoms with Crippen LogP contribution in [-0.2, 0) is 15.1 Å². The van der Waals surface area contributed by atoms with Crippen molar-refractivity contribution in [3.63, 3.8) is 0 Å². The van der Waals surface area contributed by atoms with Gasteiger partial charge in [-0.15, -0.1) is 0 Å². The predicted octanol–water partition coefficient (Wildman–Crippen LogP) is 2.62. The molecule has 1 aromatic carbocycles. The van der Waals surface area contributed by atoms with E-state index in [9.17, 15) is 23.1 Å². The van der Waals surface area contributed by atoms with Gasteiger partial charge in [-0.1, -0.05) is 25.1 Å². The molecule has 1 N–H and O–H groups in total. The van der Waals surface area contributed by atoms with E-state index < -0.39 is 35.3 Å². The van der Waals surface area contributed by atoms with Crippen molar-refractivity contribution in [3.05, 3.63) is 35.6 Å². The zero-order valence-corrected chi connectivity index (χ0v) is 10.6. The molecule has 0 fully saturated rings. The lowest BCUT2D eigenvalue weighted by molar-refractivity contribution is -0.218. The van der Waals surface area contributed by atoms with Crippen LogP contribution in [0.4, 0.5) is 13.2 Å². The number of carbonyl (C=O) groups is 1. The molecule has 0 spiro atoms. The van der Waals surface area contributed by atoms with Crippen molar-refractivity contribution < 1.29 is 27.8 Å². The van der Waals surface area contributed by atoms with E-state index >= 15 is 0 Å². The predicted molar refractivity (Wildman–Crippen MR) is 62.2 cm³/mol. The Balaban J connectivity index is 3.31. The van der Waals surface area contributed by atoms with Gasteiger partial charge in [-0.25, -0.2) is 9.18 Å². The van der Waals surface area contributed by atoms with Gasteiger partial charge in [0.25, 0.3) is 0 Å². The van der Waals surface area contributed by atoms with Crippen molar-refractivity contribution in [2.24, 2.45) is 0 Å². The Morgan fingerprint density at radius 1 is 1.32 bits per heavy atom. The molecule has 0 saturated carbocycles. The van der Waals surface area contributed by atoms with Crippen molar-refractivity contribution in [3.8, 4) is 0 Å². The molecule has 0 saturated heterocycles. The lowest BCUT2D eigenvalue weighted by Gasteiger charge is -2.33. The average molecular weight is 276 g/mol. The van der Waals surface area contributed by atoms with Gasteiger partial charge in [0.15, 0.2) is 5.60 Å². The van der Waals surface area contributed by atoms with Crippen molar-refractivity contribution in [1.82, 2.24) is 0 Å². The molecule has 0 bridgehead atoms. The van der Waals surface area contributed by atoms with Crippen LogP contribution in [0.2, 0.25) is 0 Å². The molecule has 0 aliphatic heterocycles. The Hall–Kier alpha value is -1.56. The van der Waals surface area contributed by atoms with Crippen LogP contribution in [-0.4, -0.2) is 23.6 Å². The van der Waals surface area contributed by atoms with Gasteiger partial charge in [0.05, 0.1) is 6.61 Å². The topological polar surface area (TPSA) is 46.5 Å². The summed E-state index contributed by atoms with van der Waals surface area (Å²) in [7, 11) is 0. The Kier molecular flexibility index (Phi) is 4.57. The summed E-state index contributed by atoms with van der Waals surface area (Å²) in [6.07, 6.45) is -0.542. The molecule has 6 heteroatoms. The molecule has 0 radical (unpaired) electrons. The zero-order valence-electron chi connectivity index (χ0n) is 10.6. The molecule has 0 amide bonds. The number of rotatable bonds is 5. The smallest absolute Gasteiger partial charge is 0.380 e. The van der Waals surface area contributed by atoms with Crippen LogP contribution in [0, 0.1) is 5.82 Å². The van der Waals surface area contributed by atoms with Gasteiger partial charge in [-0.05, 0) is 19.4 Å². The normalized spacial score (nSPS) is 14.8. The molecule has 0 aromatic heterocycles. The van der Waals surface area contributed by atoms with Gasteiger partial charge in [0.1, 0.15) is 5.82 Å². The first-order valence-electron chi connectivity index (χ1n) is 5.83. The van der Waals surface area contributed by atoms with Gasteiger partial charge >= 0.3 is 11.9 Å². The number of ether oxygens (including phenoxy) is 1. The second-order valence-corrected chi connectivity index (χ2v) is 3.99. The number of hydrogen-bond donors (Lipinski definition) is 1. The Morgan fingerprint density at radius 3 is 2.37 bits per heavy atom. The largest absolute Gasteiger partial charge is 0.461 e. The van der Waals surface area contributed by atoms with Crippen LogP contribution >= 0.6 is 0 Å². The van der Waals surface area contributed by atoms with E-state index in [-0.39, 0.29) is 6.61 Å². The van der Waals surface area contributed by atoms with Crippen molar-refractivity contribution in [2.75, 3.05) is 6.61 Å². The lowest BCUT2D eigenvalue weighted by atomic mass is 9.84. The molecule has 0 aliphatic carbocycles. The SMILES string of the molecule is CCOC(=O)C(F)(F)C(O)(CC)c1ccccc1F. The van der Waals surface area contributed by atoms with Crippen LogP contribution in [0.1, 0.15) is 25.8 Å². The zero-order chi connectivity index (χ0) is 14.7. The highest BCUT2D eigenvalue weighted by Crippen LogP contribution is 2.42. The summed E-state index contributed by atoms with van der Waals surface area (Å²) in [4.78, 5) is 11.3. The summed E-state index contributed by atoms with van der Waals surface area (Å²) in [6, 6.07) is 4.57. The van der Waals surface area contributed by atoms with Crippen molar-refractivity contribution in [1.29, 1.82) is 0 Å². The lowest BCUT2D eigenvalue weighted by Crippen LogP contribution is -2.51. The maximum atomic E-state index is 14.0. The molecular formula is C13H15F3O3. The molecule has 0 heterocycles. The minimum Gasteiger partial charge on any atom is -0.461 e. The number of benzene rings is 1. The third-order valence-corrected chi connectivity index (χ3v) is 2.88. The van der Waals surface area contributed by atoms with Gasteiger partial charge in [-0.2, -0.15) is 8.78 Å². The molecule has 1 unspecified atom stereocenters. The summed E-state index contributed by atoms with van der Waals surface area (Å²) in [5, 5.41) is 10.1. The summed E-state index contributed by atoms with van der Waals surface area (Å²) in [5.41, 5.74) is -3.57. The number of esters is 1. The minimum absolute atomic E-state index is 0.258. The maximum absolute atomic E-state index is 14.0. The summed E-state index contributed by atoms with van der Waals surface area (Å²) < 4.78 is 45.9. The molecular weight excluding hydrogens is 261 g/mol. The van der Waals surface area contributed by atoms with Crippen LogP contribution in [0.5, 0.6) is 0 Å². The van der Waals surface area contributed by atoms with Gasteiger partial charge < -0.3 is 9.84 Å². The minimum atomic E-state index is -4.24. The number of carbonyl (C=O) groups excluding carboxylic acids is 1. The van der Waals surface area contributed by atoms with Gasteiger partial charge in [0, 0.05) is 5.56 Å². The van der Waals surface area contributed by atoms with Crippen LogP contribution in [0.25, 0.3) is 0 Å². The molecule has 1 aromatic rings. The van der Waals surface area contributed by atoms with Crippen LogP contribution in [0.15, 0.2) is 24.3 Å². The van der Waals surface area contributed by atoms with Crippen LogP contribution in [0.3, 0.4) is 0 Å². The fourth-order valence-electron chi connectivity index (χ4n) is 1.77. The number of hydrogen-bond acceptors (Lipinski definition) is 3. The Labute approximate surface area is 109 Å². The van der Waals surface area contributed by atoms with E-state index in [2.05, 4.69) is 4.74 Å². The third kappa shape index (κ3) is 2.58. The Bertz CT molecular complexity index is 462. The molecule has 1 rings (SSSR count).